The zero-order valence-corrected chi connectivity index (χ0v) is 10.7. The van der Waals surface area contributed by atoms with E-state index in [-0.39, 0.29) is 12.5 Å². The smallest absolute Gasteiger partial charge is 0.255 e. The van der Waals surface area contributed by atoms with Gasteiger partial charge in [0.05, 0.1) is 11.3 Å². The van der Waals surface area contributed by atoms with Gasteiger partial charge in [-0.1, -0.05) is 12.1 Å². The number of carbonyl (C=O) groups is 1. The highest BCUT2D eigenvalue weighted by Gasteiger charge is 2.09. The molecule has 0 bridgehead atoms. The number of nitrogens with zero attached hydrogens (tertiary/aromatic N) is 2. The fourth-order valence-corrected chi connectivity index (χ4v) is 1.75. The summed E-state index contributed by atoms with van der Waals surface area (Å²) in [5.74, 6) is -0.311. The Hall–Kier alpha value is -2.71. The number of benzene rings is 1. The maximum absolute atomic E-state index is 12.1. The third-order valence-corrected chi connectivity index (χ3v) is 2.74. The molecule has 0 spiro atoms. The minimum absolute atomic E-state index is 0.0185. The van der Waals surface area contributed by atoms with Crippen LogP contribution < -0.4 is 5.32 Å². The number of rotatable bonds is 4. The lowest BCUT2D eigenvalue weighted by Crippen LogP contribution is -2.13. The molecule has 5 heteroatoms. The third kappa shape index (κ3) is 3.19. The first kappa shape index (κ1) is 13.7. The van der Waals surface area contributed by atoms with Crippen molar-refractivity contribution >= 4 is 11.6 Å². The van der Waals surface area contributed by atoms with Crippen LogP contribution in [0.15, 0.2) is 42.6 Å². The molecule has 0 radical (unpaired) electrons. The van der Waals surface area contributed by atoms with Crippen LogP contribution in [-0.4, -0.2) is 22.6 Å². The molecule has 1 amide bonds. The van der Waals surface area contributed by atoms with Crippen LogP contribution in [0.5, 0.6) is 0 Å². The Bertz CT molecular complexity index is 662. The molecule has 0 saturated heterocycles. The predicted octanol–water partition coefficient (Wildman–Crippen LogP) is 1.74. The van der Waals surface area contributed by atoms with Gasteiger partial charge >= 0.3 is 0 Å². The largest absolute Gasteiger partial charge is 0.396 e. The van der Waals surface area contributed by atoms with Gasteiger partial charge in [-0.05, 0) is 24.3 Å². The summed E-state index contributed by atoms with van der Waals surface area (Å²) in [6, 6.07) is 12.0. The molecule has 20 heavy (non-hydrogen) atoms. The SMILES string of the molecule is N#Cc1ccccc1NC(=O)c1ccnc(CCO)c1. The molecule has 2 rings (SSSR count). The molecule has 5 nitrogen and oxygen atoms in total. The van der Waals surface area contributed by atoms with Crippen LogP contribution >= 0.6 is 0 Å². The Kier molecular flexibility index (Phi) is 4.43. The minimum atomic E-state index is -0.311. The van der Waals surface area contributed by atoms with Crippen molar-refractivity contribution in [1.82, 2.24) is 4.98 Å². The van der Waals surface area contributed by atoms with Gasteiger partial charge in [-0.15, -0.1) is 0 Å². The maximum atomic E-state index is 12.1. The van der Waals surface area contributed by atoms with E-state index in [2.05, 4.69) is 10.3 Å². The topological polar surface area (TPSA) is 86.0 Å². The van der Waals surface area contributed by atoms with Gasteiger partial charge in [-0.3, -0.25) is 9.78 Å². The van der Waals surface area contributed by atoms with Crippen molar-refractivity contribution in [2.75, 3.05) is 11.9 Å². The van der Waals surface area contributed by atoms with E-state index in [0.717, 1.165) is 0 Å². The van der Waals surface area contributed by atoms with Crippen LogP contribution in [0, 0.1) is 11.3 Å². The first-order valence-electron chi connectivity index (χ1n) is 6.11. The van der Waals surface area contributed by atoms with Crippen LogP contribution in [0.1, 0.15) is 21.6 Å². The second kappa shape index (κ2) is 6.45. The average molecular weight is 267 g/mol. The Morgan fingerprint density at radius 3 is 2.90 bits per heavy atom. The molecule has 2 aromatic rings. The number of carbonyl (C=O) groups excluding carboxylic acids is 1. The first-order valence-corrected chi connectivity index (χ1v) is 6.11. The van der Waals surface area contributed by atoms with Crippen molar-refractivity contribution in [2.45, 2.75) is 6.42 Å². The number of amides is 1. The van der Waals surface area contributed by atoms with E-state index < -0.39 is 0 Å². The molecular formula is C15H13N3O2. The highest BCUT2D eigenvalue weighted by atomic mass is 16.3. The van der Waals surface area contributed by atoms with Crippen molar-refractivity contribution < 1.29 is 9.90 Å². The van der Waals surface area contributed by atoms with E-state index in [0.29, 0.717) is 28.9 Å². The number of aromatic nitrogens is 1. The van der Waals surface area contributed by atoms with E-state index in [1.54, 1.807) is 36.4 Å². The number of nitrogens with one attached hydrogen (secondary N) is 1. The quantitative estimate of drug-likeness (QED) is 0.883. The Morgan fingerprint density at radius 1 is 1.35 bits per heavy atom. The Balaban J connectivity index is 2.20. The fourth-order valence-electron chi connectivity index (χ4n) is 1.75. The molecule has 0 unspecified atom stereocenters. The van der Waals surface area contributed by atoms with Gasteiger partial charge in [-0.25, -0.2) is 0 Å². The van der Waals surface area contributed by atoms with Crippen molar-refractivity contribution in [3.63, 3.8) is 0 Å². The molecule has 0 atom stereocenters. The summed E-state index contributed by atoms with van der Waals surface area (Å²) in [6.45, 7) is -0.0185. The number of para-hydroxylation sites is 1. The summed E-state index contributed by atoms with van der Waals surface area (Å²) in [6.07, 6.45) is 1.92. The average Bonchev–Trinajstić information content (AvgIpc) is 2.48. The number of nitriles is 1. The standard InChI is InChI=1S/C15H13N3O2/c16-10-12-3-1-2-4-14(12)18-15(20)11-5-7-17-13(9-11)6-8-19/h1-5,7,9,19H,6,8H2,(H,18,20). The molecule has 1 aromatic heterocycles. The van der Waals surface area contributed by atoms with E-state index in [9.17, 15) is 4.79 Å². The number of pyridine rings is 1. The number of aliphatic hydroxyl groups excluding tert-OH is 1. The van der Waals surface area contributed by atoms with Crippen LogP contribution in [0.25, 0.3) is 0 Å². The van der Waals surface area contributed by atoms with Gasteiger partial charge in [0.15, 0.2) is 0 Å². The second-order valence-electron chi connectivity index (χ2n) is 4.12. The maximum Gasteiger partial charge on any atom is 0.255 e. The van der Waals surface area contributed by atoms with Crippen LogP contribution in [0.3, 0.4) is 0 Å². The van der Waals surface area contributed by atoms with E-state index in [1.807, 2.05) is 6.07 Å². The van der Waals surface area contributed by atoms with Crippen molar-refractivity contribution in [2.24, 2.45) is 0 Å². The van der Waals surface area contributed by atoms with Gasteiger partial charge in [0.25, 0.3) is 5.91 Å². The van der Waals surface area contributed by atoms with Gasteiger partial charge < -0.3 is 10.4 Å². The lowest BCUT2D eigenvalue weighted by Gasteiger charge is -2.07. The Morgan fingerprint density at radius 2 is 2.15 bits per heavy atom. The number of hydrogen-bond acceptors (Lipinski definition) is 4. The molecule has 1 heterocycles. The summed E-state index contributed by atoms with van der Waals surface area (Å²) in [5.41, 5.74) is 1.97. The van der Waals surface area contributed by atoms with E-state index >= 15 is 0 Å². The molecule has 2 N–H and O–H groups in total. The fraction of sp³-hybridized carbons (Fsp3) is 0.133. The zero-order valence-electron chi connectivity index (χ0n) is 10.7. The molecule has 1 aromatic carbocycles. The van der Waals surface area contributed by atoms with Crippen LogP contribution in [0.4, 0.5) is 5.69 Å². The van der Waals surface area contributed by atoms with Gasteiger partial charge in [0.2, 0.25) is 0 Å². The summed E-state index contributed by atoms with van der Waals surface area (Å²) < 4.78 is 0. The third-order valence-electron chi connectivity index (χ3n) is 2.74. The minimum Gasteiger partial charge on any atom is -0.396 e. The van der Waals surface area contributed by atoms with Gasteiger partial charge in [0.1, 0.15) is 6.07 Å². The number of anilines is 1. The molecule has 0 aliphatic carbocycles. The summed E-state index contributed by atoms with van der Waals surface area (Å²) >= 11 is 0. The molecular weight excluding hydrogens is 254 g/mol. The lowest BCUT2D eigenvalue weighted by atomic mass is 10.1. The van der Waals surface area contributed by atoms with E-state index in [1.165, 1.54) is 6.20 Å². The van der Waals surface area contributed by atoms with Crippen LogP contribution in [0.2, 0.25) is 0 Å². The van der Waals surface area contributed by atoms with Crippen molar-refractivity contribution in [3.8, 4) is 6.07 Å². The normalized spacial score (nSPS) is 9.80. The second-order valence-corrected chi connectivity index (χ2v) is 4.12. The summed E-state index contributed by atoms with van der Waals surface area (Å²) in [7, 11) is 0. The monoisotopic (exact) mass is 267 g/mol. The van der Waals surface area contributed by atoms with Gasteiger partial charge in [-0.2, -0.15) is 5.26 Å². The van der Waals surface area contributed by atoms with E-state index in [4.69, 9.17) is 10.4 Å². The summed E-state index contributed by atoms with van der Waals surface area (Å²) in [4.78, 5) is 16.2. The molecule has 0 saturated carbocycles. The predicted molar refractivity (Wildman–Crippen MR) is 74.1 cm³/mol. The molecule has 0 aliphatic rings. The van der Waals surface area contributed by atoms with Gasteiger partial charge in [0, 0.05) is 30.5 Å². The highest BCUT2D eigenvalue weighted by Crippen LogP contribution is 2.15. The molecule has 0 aliphatic heterocycles. The first-order chi connectivity index (χ1) is 9.74. The lowest BCUT2D eigenvalue weighted by molar-refractivity contribution is 0.102. The Labute approximate surface area is 116 Å². The number of aliphatic hydroxyl groups is 1. The summed E-state index contributed by atoms with van der Waals surface area (Å²) in [5, 5.41) is 20.5. The zero-order chi connectivity index (χ0) is 14.4. The number of hydrogen-bond donors (Lipinski definition) is 2. The molecule has 100 valence electrons. The molecule has 0 fully saturated rings. The highest BCUT2D eigenvalue weighted by molar-refractivity contribution is 6.04. The van der Waals surface area contributed by atoms with Crippen molar-refractivity contribution in [3.05, 3.63) is 59.4 Å². The van der Waals surface area contributed by atoms with Crippen molar-refractivity contribution in [1.29, 1.82) is 5.26 Å². The van der Waals surface area contributed by atoms with Crippen LogP contribution in [-0.2, 0) is 6.42 Å².